The molecule has 2 unspecified atom stereocenters. The van der Waals surface area contributed by atoms with Gasteiger partial charge < -0.3 is 34.8 Å². The summed E-state index contributed by atoms with van der Waals surface area (Å²) in [6, 6.07) is 5.98. The average Bonchev–Trinajstić information content (AvgIpc) is 3.65. The SMILES string of the molecule is CC(C)c1noc(N2CCC(CCCOc3ccc(C(NC(=O)OC(C)(C)C)C(=O)N4CCCC4C(N)=O)cc3)CC2)n1. The number of anilines is 1. The minimum atomic E-state index is -1.03. The maximum absolute atomic E-state index is 13.5. The summed E-state index contributed by atoms with van der Waals surface area (Å²) >= 11 is 0. The summed E-state index contributed by atoms with van der Waals surface area (Å²) in [5, 5.41) is 6.76. The lowest BCUT2D eigenvalue weighted by molar-refractivity contribution is -0.139. The van der Waals surface area contributed by atoms with Crippen LogP contribution in [0.15, 0.2) is 28.8 Å². The fraction of sp³-hybridized carbons (Fsp3) is 0.645. The second-order valence-corrected chi connectivity index (χ2v) is 12.8. The first-order chi connectivity index (χ1) is 20.4. The van der Waals surface area contributed by atoms with E-state index in [1.165, 1.54) is 4.90 Å². The predicted octanol–water partition coefficient (Wildman–Crippen LogP) is 4.31. The van der Waals surface area contributed by atoms with E-state index in [0.29, 0.717) is 49.2 Å². The van der Waals surface area contributed by atoms with Gasteiger partial charge in [-0.3, -0.25) is 9.59 Å². The van der Waals surface area contributed by atoms with Gasteiger partial charge in [-0.05, 0) is 82.9 Å². The lowest BCUT2D eigenvalue weighted by Crippen LogP contribution is -2.49. The Morgan fingerprint density at radius 1 is 1.09 bits per heavy atom. The third-order valence-corrected chi connectivity index (χ3v) is 7.84. The Morgan fingerprint density at radius 2 is 1.79 bits per heavy atom. The van der Waals surface area contributed by atoms with Crippen molar-refractivity contribution in [3.05, 3.63) is 35.7 Å². The second-order valence-electron chi connectivity index (χ2n) is 12.8. The Hall–Kier alpha value is -3.83. The number of hydrogen-bond acceptors (Lipinski definition) is 9. The van der Waals surface area contributed by atoms with Gasteiger partial charge in [-0.25, -0.2) is 4.79 Å². The van der Waals surface area contributed by atoms with Crippen LogP contribution in [0, 0.1) is 5.92 Å². The number of nitrogens with zero attached hydrogens (tertiary/aromatic N) is 4. The van der Waals surface area contributed by atoms with Gasteiger partial charge >= 0.3 is 12.1 Å². The average molecular weight is 599 g/mol. The van der Waals surface area contributed by atoms with Crippen LogP contribution in [0.2, 0.25) is 0 Å². The Kier molecular flexibility index (Phi) is 10.5. The van der Waals surface area contributed by atoms with E-state index in [2.05, 4.69) is 34.2 Å². The van der Waals surface area contributed by atoms with Crippen LogP contribution in [0.5, 0.6) is 5.75 Å². The Morgan fingerprint density at radius 3 is 2.40 bits per heavy atom. The number of hydrogen-bond donors (Lipinski definition) is 2. The number of primary amides is 1. The molecule has 4 rings (SSSR count). The number of benzene rings is 1. The fourth-order valence-electron chi connectivity index (χ4n) is 5.53. The minimum Gasteiger partial charge on any atom is -0.494 e. The predicted molar refractivity (Wildman–Crippen MR) is 161 cm³/mol. The van der Waals surface area contributed by atoms with Crippen molar-refractivity contribution >= 4 is 23.9 Å². The summed E-state index contributed by atoms with van der Waals surface area (Å²) in [7, 11) is 0. The number of carbonyl (C=O) groups is 3. The molecule has 2 saturated heterocycles. The van der Waals surface area contributed by atoms with Gasteiger partial charge in [-0.2, -0.15) is 4.98 Å². The molecule has 12 heteroatoms. The number of alkyl carbamates (subject to hydrolysis) is 1. The minimum absolute atomic E-state index is 0.245. The maximum Gasteiger partial charge on any atom is 0.408 e. The molecule has 12 nitrogen and oxygen atoms in total. The van der Waals surface area contributed by atoms with Crippen LogP contribution in [-0.4, -0.2) is 70.8 Å². The van der Waals surface area contributed by atoms with Gasteiger partial charge in [0.15, 0.2) is 5.82 Å². The molecule has 2 aliphatic heterocycles. The summed E-state index contributed by atoms with van der Waals surface area (Å²) in [5.41, 5.74) is 5.37. The van der Waals surface area contributed by atoms with Gasteiger partial charge in [-0.15, -0.1) is 0 Å². The van der Waals surface area contributed by atoms with Crippen molar-refractivity contribution in [2.45, 2.75) is 96.7 Å². The lowest BCUT2D eigenvalue weighted by Gasteiger charge is -2.30. The highest BCUT2D eigenvalue weighted by Crippen LogP contribution is 2.28. The van der Waals surface area contributed by atoms with E-state index < -0.39 is 35.6 Å². The molecule has 3 heterocycles. The van der Waals surface area contributed by atoms with E-state index in [1.807, 2.05) is 0 Å². The highest BCUT2D eigenvalue weighted by atomic mass is 16.6. The first-order valence-corrected chi connectivity index (χ1v) is 15.3. The van der Waals surface area contributed by atoms with Gasteiger partial charge in [0, 0.05) is 25.6 Å². The zero-order valence-corrected chi connectivity index (χ0v) is 26.0. The molecule has 236 valence electrons. The van der Waals surface area contributed by atoms with E-state index in [-0.39, 0.29) is 5.92 Å². The van der Waals surface area contributed by atoms with E-state index >= 15 is 0 Å². The van der Waals surface area contributed by atoms with Gasteiger partial charge in [0.2, 0.25) is 5.91 Å². The summed E-state index contributed by atoms with van der Waals surface area (Å²) in [6.45, 7) is 12.1. The Bertz CT molecular complexity index is 1230. The molecule has 2 fully saturated rings. The van der Waals surface area contributed by atoms with Crippen LogP contribution in [0.25, 0.3) is 0 Å². The molecular formula is C31H46N6O6. The van der Waals surface area contributed by atoms with Gasteiger partial charge in [0.1, 0.15) is 23.4 Å². The van der Waals surface area contributed by atoms with Crippen molar-refractivity contribution in [1.29, 1.82) is 0 Å². The summed E-state index contributed by atoms with van der Waals surface area (Å²) in [4.78, 5) is 46.2. The Balaban J connectivity index is 1.28. The van der Waals surface area contributed by atoms with Crippen LogP contribution in [0.3, 0.4) is 0 Å². The number of carbonyl (C=O) groups excluding carboxylic acids is 3. The zero-order chi connectivity index (χ0) is 31.1. The van der Waals surface area contributed by atoms with Gasteiger partial charge in [-0.1, -0.05) is 31.1 Å². The number of nitrogens with one attached hydrogen (secondary N) is 1. The van der Waals surface area contributed by atoms with Crippen LogP contribution in [0.1, 0.15) is 96.5 Å². The molecule has 0 spiro atoms. The van der Waals surface area contributed by atoms with Crippen molar-refractivity contribution in [3.63, 3.8) is 0 Å². The molecule has 0 saturated carbocycles. The van der Waals surface area contributed by atoms with Crippen LogP contribution in [-0.2, 0) is 14.3 Å². The highest BCUT2D eigenvalue weighted by molar-refractivity contribution is 5.92. The van der Waals surface area contributed by atoms with E-state index in [0.717, 1.165) is 44.6 Å². The lowest BCUT2D eigenvalue weighted by atomic mass is 9.92. The standard InChI is InChI=1S/C31H46N6O6/c1-20(2)27-34-29(43-35-27)36-17-14-21(15-18-36)8-7-19-41-23-12-10-22(11-13-23)25(33-30(40)42-31(3,4)5)28(39)37-16-6-9-24(37)26(32)38/h10-13,20-21,24-25H,6-9,14-19H2,1-5H3,(H2,32,38)(H,33,40). The largest absolute Gasteiger partial charge is 0.494 e. The van der Waals surface area contributed by atoms with E-state index in [4.69, 9.17) is 19.7 Å². The summed E-state index contributed by atoms with van der Waals surface area (Å²) in [6.07, 6.45) is 4.59. The molecule has 2 aromatic rings. The number of rotatable bonds is 11. The Labute approximate surface area is 253 Å². The maximum atomic E-state index is 13.5. The quantitative estimate of drug-likeness (QED) is 0.360. The fourth-order valence-corrected chi connectivity index (χ4v) is 5.53. The summed E-state index contributed by atoms with van der Waals surface area (Å²) < 4.78 is 16.8. The molecule has 0 radical (unpaired) electrons. The first-order valence-electron chi connectivity index (χ1n) is 15.3. The molecule has 2 aliphatic rings. The third-order valence-electron chi connectivity index (χ3n) is 7.84. The summed E-state index contributed by atoms with van der Waals surface area (Å²) in [5.74, 6) is 1.34. The monoisotopic (exact) mass is 598 g/mol. The molecular weight excluding hydrogens is 552 g/mol. The number of amides is 3. The number of piperidine rings is 1. The molecule has 2 atom stereocenters. The van der Waals surface area contributed by atoms with Gasteiger partial charge in [0.05, 0.1) is 6.61 Å². The zero-order valence-electron chi connectivity index (χ0n) is 26.0. The number of likely N-dealkylation sites (tertiary alicyclic amines) is 1. The van der Waals surface area contributed by atoms with E-state index in [9.17, 15) is 14.4 Å². The topological polar surface area (TPSA) is 153 Å². The highest BCUT2D eigenvalue weighted by Gasteiger charge is 2.38. The van der Waals surface area contributed by atoms with Gasteiger partial charge in [0.25, 0.3) is 5.91 Å². The van der Waals surface area contributed by atoms with Crippen molar-refractivity contribution < 1.29 is 28.4 Å². The number of nitrogens with two attached hydrogens (primary N) is 1. The third kappa shape index (κ3) is 8.84. The van der Waals surface area contributed by atoms with Crippen molar-refractivity contribution in [3.8, 4) is 5.75 Å². The van der Waals surface area contributed by atoms with Crippen molar-refractivity contribution in [2.24, 2.45) is 11.7 Å². The molecule has 1 aromatic carbocycles. The molecule has 0 bridgehead atoms. The van der Waals surface area contributed by atoms with Crippen molar-refractivity contribution in [2.75, 3.05) is 31.1 Å². The molecule has 0 aliphatic carbocycles. The normalized spacial score (nSPS) is 18.5. The smallest absolute Gasteiger partial charge is 0.408 e. The molecule has 3 amide bonds. The van der Waals surface area contributed by atoms with Crippen LogP contribution in [0.4, 0.5) is 10.8 Å². The molecule has 1 aromatic heterocycles. The number of aromatic nitrogens is 2. The number of ether oxygens (including phenoxy) is 2. The van der Waals surface area contributed by atoms with E-state index in [1.54, 1.807) is 45.0 Å². The van der Waals surface area contributed by atoms with Crippen molar-refractivity contribution in [1.82, 2.24) is 20.4 Å². The van der Waals surface area contributed by atoms with Crippen LogP contribution < -0.4 is 20.7 Å². The first kappa shape index (κ1) is 32.1. The second kappa shape index (κ2) is 14.1. The van der Waals surface area contributed by atoms with Crippen LogP contribution >= 0.6 is 0 Å². The molecule has 43 heavy (non-hydrogen) atoms. The molecule has 3 N–H and O–H groups in total.